The number of aliphatic imine (C=N–C) groups is 1. The van der Waals surface area contributed by atoms with Gasteiger partial charge < -0.3 is 4.74 Å². The van der Waals surface area contributed by atoms with Crippen molar-refractivity contribution in [1.29, 1.82) is 0 Å². The van der Waals surface area contributed by atoms with Crippen LogP contribution in [0.3, 0.4) is 0 Å². The third-order valence-electron chi connectivity index (χ3n) is 2.66. The number of benzene rings is 2. The molecule has 0 bridgehead atoms. The van der Waals surface area contributed by atoms with Gasteiger partial charge in [-0.2, -0.15) is 0 Å². The summed E-state index contributed by atoms with van der Waals surface area (Å²) in [6.07, 6.45) is 0. The molecule has 0 saturated heterocycles. The Morgan fingerprint density at radius 3 is 2.59 bits per heavy atom. The quantitative estimate of drug-likeness (QED) is 0.746. The van der Waals surface area contributed by atoms with Crippen LogP contribution in [0.4, 0.5) is 5.69 Å². The zero-order chi connectivity index (χ0) is 11.7. The Morgan fingerprint density at radius 2 is 1.76 bits per heavy atom. The highest BCUT2D eigenvalue weighted by atomic mass is 35.5. The number of ether oxygens (including phenoxy) is 1. The summed E-state index contributed by atoms with van der Waals surface area (Å²) in [5.74, 6) is 0.838. The molecule has 1 aliphatic heterocycles. The fraction of sp³-hybridized carbons (Fsp3) is 0.0714. The van der Waals surface area contributed by atoms with Crippen LogP contribution >= 0.6 is 11.6 Å². The lowest BCUT2D eigenvalue weighted by Crippen LogP contribution is -2.16. The average molecular weight is 244 g/mol. The highest BCUT2D eigenvalue weighted by molar-refractivity contribution is 6.30. The zero-order valence-electron chi connectivity index (χ0n) is 9.06. The molecule has 0 spiro atoms. The van der Waals surface area contributed by atoms with Crippen molar-refractivity contribution >= 4 is 23.0 Å². The van der Waals surface area contributed by atoms with E-state index in [9.17, 15) is 0 Å². The van der Waals surface area contributed by atoms with Gasteiger partial charge in [0.2, 0.25) is 0 Å². The van der Waals surface area contributed by atoms with Gasteiger partial charge in [0, 0.05) is 5.02 Å². The number of hydrogen-bond donors (Lipinski definition) is 0. The minimum absolute atomic E-state index is 0.499. The van der Waals surface area contributed by atoms with E-state index < -0.39 is 0 Å². The zero-order valence-corrected chi connectivity index (χ0v) is 9.82. The molecule has 0 N–H and O–H groups in total. The topological polar surface area (TPSA) is 21.6 Å². The number of halogens is 1. The molecule has 0 unspecified atom stereocenters. The normalized spacial score (nSPS) is 13.6. The second-order valence-electron chi connectivity index (χ2n) is 3.82. The maximum absolute atomic E-state index is 5.86. The molecular formula is C14H10ClNO. The van der Waals surface area contributed by atoms with E-state index in [2.05, 4.69) is 4.99 Å². The second-order valence-corrected chi connectivity index (χ2v) is 4.26. The number of fused-ring (bicyclic) bond motifs is 1. The molecule has 0 saturated carbocycles. The predicted octanol–water partition coefficient (Wildman–Crippen LogP) is 3.85. The lowest BCUT2D eigenvalue weighted by Gasteiger charge is -2.16. The number of nitrogens with zero attached hydrogens (tertiary/aromatic N) is 1. The molecule has 3 heteroatoms. The first-order valence-corrected chi connectivity index (χ1v) is 5.76. The molecule has 3 rings (SSSR count). The van der Waals surface area contributed by atoms with Crippen molar-refractivity contribution in [3.05, 3.63) is 59.1 Å². The van der Waals surface area contributed by atoms with E-state index in [0.717, 1.165) is 27.7 Å². The number of hydrogen-bond acceptors (Lipinski definition) is 2. The summed E-state index contributed by atoms with van der Waals surface area (Å²) < 4.78 is 5.66. The Labute approximate surface area is 105 Å². The molecule has 1 aliphatic rings. The first kappa shape index (κ1) is 10.4. The van der Waals surface area contributed by atoms with Crippen LogP contribution in [0.25, 0.3) is 0 Å². The summed E-state index contributed by atoms with van der Waals surface area (Å²) >= 11 is 5.86. The van der Waals surface area contributed by atoms with Crippen molar-refractivity contribution in [3.63, 3.8) is 0 Å². The van der Waals surface area contributed by atoms with Crippen LogP contribution in [0.2, 0.25) is 5.02 Å². The fourth-order valence-electron chi connectivity index (χ4n) is 1.79. The average Bonchev–Trinajstić information content (AvgIpc) is 2.39. The third-order valence-corrected chi connectivity index (χ3v) is 2.91. The van der Waals surface area contributed by atoms with E-state index in [1.54, 1.807) is 0 Å². The summed E-state index contributed by atoms with van der Waals surface area (Å²) in [5, 5.41) is 0.728. The molecule has 17 heavy (non-hydrogen) atoms. The maximum Gasteiger partial charge on any atom is 0.145 e. The highest BCUT2D eigenvalue weighted by Gasteiger charge is 2.13. The summed E-state index contributed by atoms with van der Waals surface area (Å²) in [5.41, 5.74) is 2.85. The van der Waals surface area contributed by atoms with Crippen molar-refractivity contribution in [1.82, 2.24) is 0 Å². The molecule has 0 radical (unpaired) electrons. The Balaban J connectivity index is 2.01. The number of para-hydroxylation sites is 2. The summed E-state index contributed by atoms with van der Waals surface area (Å²) in [4.78, 5) is 4.59. The summed E-state index contributed by atoms with van der Waals surface area (Å²) in [6.45, 7) is 0.499. The molecule has 0 atom stereocenters. The first-order chi connectivity index (χ1) is 8.33. The predicted molar refractivity (Wildman–Crippen MR) is 69.6 cm³/mol. The van der Waals surface area contributed by atoms with Gasteiger partial charge in [-0.1, -0.05) is 35.9 Å². The standard InChI is InChI=1S/C14H10ClNO/c15-11-7-5-10(6-8-11)13-9-17-14-4-2-1-3-12(14)16-13/h1-8H,9H2. The minimum atomic E-state index is 0.499. The Hall–Kier alpha value is -1.80. The monoisotopic (exact) mass is 243 g/mol. The van der Waals surface area contributed by atoms with E-state index in [1.807, 2.05) is 48.5 Å². The smallest absolute Gasteiger partial charge is 0.145 e. The molecule has 0 amide bonds. The molecule has 2 nitrogen and oxygen atoms in total. The molecule has 0 aromatic heterocycles. The Bertz CT molecular complexity index is 575. The van der Waals surface area contributed by atoms with E-state index in [0.29, 0.717) is 6.61 Å². The van der Waals surface area contributed by atoms with E-state index in [-0.39, 0.29) is 0 Å². The van der Waals surface area contributed by atoms with Gasteiger partial charge in [0.1, 0.15) is 18.0 Å². The lowest BCUT2D eigenvalue weighted by molar-refractivity contribution is 0.373. The SMILES string of the molecule is Clc1ccc(C2=Nc3ccccc3OC2)cc1. The van der Waals surface area contributed by atoms with Crippen LogP contribution in [0.1, 0.15) is 5.56 Å². The summed E-state index contributed by atoms with van der Waals surface area (Å²) in [7, 11) is 0. The fourth-order valence-corrected chi connectivity index (χ4v) is 1.91. The van der Waals surface area contributed by atoms with Crippen LogP contribution in [-0.4, -0.2) is 12.3 Å². The summed E-state index contributed by atoms with van der Waals surface area (Å²) in [6, 6.07) is 15.4. The van der Waals surface area contributed by atoms with Gasteiger partial charge in [-0.15, -0.1) is 0 Å². The molecule has 2 aromatic carbocycles. The van der Waals surface area contributed by atoms with Gasteiger partial charge in [-0.3, -0.25) is 0 Å². The van der Waals surface area contributed by atoms with E-state index in [4.69, 9.17) is 16.3 Å². The maximum atomic E-state index is 5.86. The molecular weight excluding hydrogens is 234 g/mol. The highest BCUT2D eigenvalue weighted by Crippen LogP contribution is 2.30. The van der Waals surface area contributed by atoms with Crippen LogP contribution < -0.4 is 4.74 Å². The van der Waals surface area contributed by atoms with Gasteiger partial charge in [0.05, 0.1) is 5.71 Å². The van der Waals surface area contributed by atoms with Crippen LogP contribution in [0.5, 0.6) is 5.75 Å². The van der Waals surface area contributed by atoms with E-state index >= 15 is 0 Å². The molecule has 0 fully saturated rings. The van der Waals surface area contributed by atoms with Gasteiger partial charge in [-0.05, 0) is 29.8 Å². The van der Waals surface area contributed by atoms with Crippen molar-refractivity contribution < 1.29 is 4.74 Å². The largest absolute Gasteiger partial charge is 0.485 e. The number of rotatable bonds is 1. The van der Waals surface area contributed by atoms with Crippen molar-refractivity contribution in [3.8, 4) is 5.75 Å². The van der Waals surface area contributed by atoms with Crippen LogP contribution in [-0.2, 0) is 0 Å². The third kappa shape index (κ3) is 2.04. The molecule has 1 heterocycles. The Morgan fingerprint density at radius 1 is 1.00 bits per heavy atom. The van der Waals surface area contributed by atoms with Crippen LogP contribution in [0, 0.1) is 0 Å². The van der Waals surface area contributed by atoms with Gasteiger partial charge >= 0.3 is 0 Å². The lowest BCUT2D eigenvalue weighted by atomic mass is 10.1. The second kappa shape index (κ2) is 4.22. The Kier molecular flexibility index (Phi) is 2.57. The molecule has 2 aromatic rings. The van der Waals surface area contributed by atoms with Gasteiger partial charge in [0.25, 0.3) is 0 Å². The van der Waals surface area contributed by atoms with Crippen LogP contribution in [0.15, 0.2) is 53.5 Å². The first-order valence-electron chi connectivity index (χ1n) is 5.38. The van der Waals surface area contributed by atoms with Crippen molar-refractivity contribution in [2.24, 2.45) is 4.99 Å². The molecule has 84 valence electrons. The van der Waals surface area contributed by atoms with Crippen molar-refractivity contribution in [2.45, 2.75) is 0 Å². The van der Waals surface area contributed by atoms with Crippen molar-refractivity contribution in [2.75, 3.05) is 6.61 Å². The van der Waals surface area contributed by atoms with E-state index in [1.165, 1.54) is 0 Å². The molecule has 0 aliphatic carbocycles. The van der Waals surface area contributed by atoms with Gasteiger partial charge in [-0.25, -0.2) is 4.99 Å². The van der Waals surface area contributed by atoms with Gasteiger partial charge in [0.15, 0.2) is 0 Å². The minimum Gasteiger partial charge on any atom is -0.485 e.